The van der Waals surface area contributed by atoms with Crippen LogP contribution < -0.4 is 5.48 Å². The van der Waals surface area contributed by atoms with E-state index in [0.29, 0.717) is 11.8 Å². The van der Waals surface area contributed by atoms with Crippen LogP contribution in [0, 0.1) is 11.8 Å². The zero-order valence-electron chi connectivity index (χ0n) is 9.95. The molecule has 0 aromatic heterocycles. The van der Waals surface area contributed by atoms with Gasteiger partial charge in [-0.3, -0.25) is 4.84 Å². The molecular formula is C11H22N2O2. The van der Waals surface area contributed by atoms with Crippen molar-refractivity contribution in [3.8, 4) is 0 Å². The predicted octanol–water partition coefficient (Wildman–Crippen LogP) is 2.02. The minimum Gasteiger partial charge on any atom is -0.323 e. The van der Waals surface area contributed by atoms with Crippen LogP contribution in [-0.2, 0) is 4.84 Å². The van der Waals surface area contributed by atoms with Crippen LogP contribution in [0.1, 0.15) is 33.1 Å². The predicted molar refractivity (Wildman–Crippen MR) is 59.3 cm³/mol. The summed E-state index contributed by atoms with van der Waals surface area (Å²) in [6.07, 6.45) is 3.70. The number of rotatable bonds is 1. The number of nitrogens with zero attached hydrogens (tertiary/aromatic N) is 1. The molecule has 1 N–H and O–H groups in total. The molecule has 1 rings (SSSR count). The molecule has 88 valence electrons. The van der Waals surface area contributed by atoms with Crippen LogP contribution in [0.25, 0.3) is 0 Å². The molecule has 0 spiro atoms. The van der Waals surface area contributed by atoms with Crippen LogP contribution in [-0.4, -0.2) is 31.1 Å². The van der Waals surface area contributed by atoms with E-state index in [0.717, 1.165) is 13.1 Å². The highest BCUT2D eigenvalue weighted by atomic mass is 16.6. The van der Waals surface area contributed by atoms with E-state index in [1.165, 1.54) is 26.4 Å². The molecule has 2 unspecified atom stereocenters. The minimum absolute atomic E-state index is 0.113. The molecule has 1 fully saturated rings. The molecule has 0 bridgehead atoms. The largest absolute Gasteiger partial charge is 0.341 e. The highest BCUT2D eigenvalue weighted by Crippen LogP contribution is 2.19. The molecule has 15 heavy (non-hydrogen) atoms. The topological polar surface area (TPSA) is 41.6 Å². The van der Waals surface area contributed by atoms with Gasteiger partial charge in [-0.15, -0.1) is 0 Å². The van der Waals surface area contributed by atoms with E-state index in [-0.39, 0.29) is 6.03 Å². The van der Waals surface area contributed by atoms with E-state index in [1.54, 1.807) is 0 Å². The Balaban J connectivity index is 2.53. The quantitative estimate of drug-likeness (QED) is 0.678. The van der Waals surface area contributed by atoms with E-state index < -0.39 is 0 Å². The standard InChI is InChI=1S/C11H22N2O2/c1-9-5-4-6-10(2)8-13(7-9)11(14)12-15-3/h9-10H,4-8H2,1-3H3,(H,12,14). The monoisotopic (exact) mass is 214 g/mol. The zero-order valence-corrected chi connectivity index (χ0v) is 9.95. The normalized spacial score (nSPS) is 28.1. The molecule has 4 nitrogen and oxygen atoms in total. The van der Waals surface area contributed by atoms with Crippen molar-refractivity contribution >= 4 is 6.03 Å². The van der Waals surface area contributed by atoms with E-state index >= 15 is 0 Å². The van der Waals surface area contributed by atoms with Crippen molar-refractivity contribution in [2.24, 2.45) is 11.8 Å². The van der Waals surface area contributed by atoms with Crippen LogP contribution >= 0.6 is 0 Å². The Morgan fingerprint density at radius 2 is 1.80 bits per heavy atom. The van der Waals surface area contributed by atoms with E-state index in [9.17, 15) is 4.79 Å². The number of nitrogens with one attached hydrogen (secondary N) is 1. The lowest BCUT2D eigenvalue weighted by molar-refractivity contribution is 0.0781. The van der Waals surface area contributed by atoms with Crippen molar-refractivity contribution in [2.75, 3.05) is 20.2 Å². The van der Waals surface area contributed by atoms with Crippen molar-refractivity contribution in [3.63, 3.8) is 0 Å². The molecule has 1 aliphatic rings. The first-order valence-electron chi connectivity index (χ1n) is 5.71. The lowest BCUT2D eigenvalue weighted by atomic mass is 9.95. The summed E-state index contributed by atoms with van der Waals surface area (Å²) >= 11 is 0. The summed E-state index contributed by atoms with van der Waals surface area (Å²) in [6, 6.07) is -0.113. The summed E-state index contributed by atoms with van der Waals surface area (Å²) in [5.41, 5.74) is 2.39. The second-order valence-electron chi connectivity index (χ2n) is 4.66. The number of carbonyl (C=O) groups excluding carboxylic acids is 1. The van der Waals surface area contributed by atoms with Crippen molar-refractivity contribution in [1.29, 1.82) is 0 Å². The van der Waals surface area contributed by atoms with Gasteiger partial charge in [-0.05, 0) is 24.7 Å². The minimum atomic E-state index is -0.113. The third kappa shape index (κ3) is 4.08. The molecule has 1 saturated heterocycles. The van der Waals surface area contributed by atoms with Crippen molar-refractivity contribution < 1.29 is 9.63 Å². The first-order chi connectivity index (χ1) is 7.13. The zero-order chi connectivity index (χ0) is 11.3. The number of likely N-dealkylation sites (tertiary alicyclic amines) is 1. The van der Waals surface area contributed by atoms with Gasteiger partial charge in [0.15, 0.2) is 0 Å². The number of carbonyl (C=O) groups is 1. The maximum Gasteiger partial charge on any atom is 0.341 e. The smallest absolute Gasteiger partial charge is 0.323 e. The van der Waals surface area contributed by atoms with Crippen LogP contribution in [0.15, 0.2) is 0 Å². The molecular weight excluding hydrogens is 192 g/mol. The SMILES string of the molecule is CONC(=O)N1CC(C)CCCC(C)C1. The van der Waals surface area contributed by atoms with Crippen LogP contribution in [0.4, 0.5) is 4.79 Å². The van der Waals surface area contributed by atoms with Gasteiger partial charge in [-0.25, -0.2) is 10.3 Å². The van der Waals surface area contributed by atoms with Crippen LogP contribution in [0.5, 0.6) is 0 Å². The number of hydrogen-bond acceptors (Lipinski definition) is 2. The Morgan fingerprint density at radius 3 is 2.27 bits per heavy atom. The average Bonchev–Trinajstić information content (AvgIpc) is 2.14. The molecule has 4 heteroatoms. The van der Waals surface area contributed by atoms with Gasteiger partial charge in [0.05, 0.1) is 7.11 Å². The van der Waals surface area contributed by atoms with Gasteiger partial charge >= 0.3 is 6.03 Å². The van der Waals surface area contributed by atoms with Gasteiger partial charge in [0.25, 0.3) is 0 Å². The van der Waals surface area contributed by atoms with E-state index in [2.05, 4.69) is 24.2 Å². The number of hydrogen-bond donors (Lipinski definition) is 1. The molecule has 0 saturated carbocycles. The number of amides is 2. The van der Waals surface area contributed by atoms with Gasteiger partial charge in [0.1, 0.15) is 0 Å². The maximum atomic E-state index is 11.6. The number of hydroxylamine groups is 1. The molecule has 2 atom stereocenters. The highest BCUT2D eigenvalue weighted by molar-refractivity contribution is 5.73. The van der Waals surface area contributed by atoms with Crippen LogP contribution in [0.2, 0.25) is 0 Å². The van der Waals surface area contributed by atoms with E-state index in [4.69, 9.17) is 0 Å². The molecule has 0 radical (unpaired) electrons. The third-order valence-electron chi connectivity index (χ3n) is 2.93. The molecule has 1 aliphatic heterocycles. The van der Waals surface area contributed by atoms with Crippen molar-refractivity contribution in [1.82, 2.24) is 10.4 Å². The fourth-order valence-electron chi connectivity index (χ4n) is 2.14. The lowest BCUT2D eigenvalue weighted by Gasteiger charge is -2.30. The Morgan fingerprint density at radius 1 is 1.27 bits per heavy atom. The Hall–Kier alpha value is -0.770. The second kappa shape index (κ2) is 5.95. The molecule has 0 aliphatic carbocycles. The Bertz CT molecular complexity index is 197. The average molecular weight is 214 g/mol. The van der Waals surface area contributed by atoms with Crippen molar-refractivity contribution in [2.45, 2.75) is 33.1 Å². The fourth-order valence-corrected chi connectivity index (χ4v) is 2.14. The van der Waals surface area contributed by atoms with Crippen molar-refractivity contribution in [3.05, 3.63) is 0 Å². The number of urea groups is 1. The van der Waals surface area contributed by atoms with Crippen LogP contribution in [0.3, 0.4) is 0 Å². The second-order valence-corrected chi connectivity index (χ2v) is 4.66. The Kier molecular flexibility index (Phi) is 4.88. The fraction of sp³-hybridized carbons (Fsp3) is 0.909. The molecule has 2 amide bonds. The lowest BCUT2D eigenvalue weighted by Crippen LogP contribution is -2.44. The summed E-state index contributed by atoms with van der Waals surface area (Å²) < 4.78 is 0. The Labute approximate surface area is 91.9 Å². The molecule has 0 aromatic carbocycles. The van der Waals surface area contributed by atoms with E-state index in [1.807, 2.05) is 4.90 Å². The summed E-state index contributed by atoms with van der Waals surface area (Å²) in [6.45, 7) is 6.06. The first-order valence-corrected chi connectivity index (χ1v) is 5.71. The van der Waals surface area contributed by atoms with Gasteiger partial charge in [-0.2, -0.15) is 0 Å². The van der Waals surface area contributed by atoms with Gasteiger partial charge < -0.3 is 4.90 Å². The summed E-state index contributed by atoms with van der Waals surface area (Å²) in [5, 5.41) is 0. The summed E-state index contributed by atoms with van der Waals surface area (Å²) in [4.78, 5) is 18.2. The first kappa shape index (κ1) is 12.3. The maximum absolute atomic E-state index is 11.6. The summed E-state index contributed by atoms with van der Waals surface area (Å²) in [5.74, 6) is 1.17. The van der Waals surface area contributed by atoms with Gasteiger partial charge in [-0.1, -0.05) is 20.3 Å². The molecule has 0 aromatic rings. The third-order valence-corrected chi connectivity index (χ3v) is 2.93. The molecule has 1 heterocycles. The van der Waals surface area contributed by atoms with Gasteiger partial charge in [0, 0.05) is 13.1 Å². The van der Waals surface area contributed by atoms with Gasteiger partial charge in [0.2, 0.25) is 0 Å². The summed E-state index contributed by atoms with van der Waals surface area (Å²) in [7, 11) is 1.47. The highest BCUT2D eigenvalue weighted by Gasteiger charge is 2.21.